The molecule has 0 bridgehead atoms. The van der Waals surface area contributed by atoms with E-state index < -0.39 is 21.8 Å². The molecule has 0 aliphatic heterocycles. The highest BCUT2D eigenvalue weighted by Crippen LogP contribution is 2.15. The molecule has 0 radical (unpaired) electrons. The first-order chi connectivity index (χ1) is 9.87. The molecule has 21 heavy (non-hydrogen) atoms. The molecule has 0 N–H and O–H groups in total. The zero-order valence-corrected chi connectivity index (χ0v) is 12.3. The standard InChI is InChI=1S/C13H15FN2O4S/c1-16(9-2-3-13(17)20-10-8-15)21(18,19)12-6-4-11(14)5-7-12/h4-7H,2-3,9-10H2,1H3. The summed E-state index contributed by atoms with van der Waals surface area (Å²) in [7, 11) is -2.33. The Kier molecular flexibility index (Phi) is 6.27. The summed E-state index contributed by atoms with van der Waals surface area (Å²) < 4.78 is 42.7. The van der Waals surface area contributed by atoms with Crippen LogP contribution in [-0.2, 0) is 19.6 Å². The molecule has 0 heterocycles. The van der Waals surface area contributed by atoms with Gasteiger partial charge in [0.25, 0.3) is 0 Å². The highest BCUT2D eigenvalue weighted by molar-refractivity contribution is 7.89. The summed E-state index contributed by atoms with van der Waals surface area (Å²) in [5.41, 5.74) is 0. The summed E-state index contributed by atoms with van der Waals surface area (Å²) in [6, 6.07) is 6.17. The van der Waals surface area contributed by atoms with Gasteiger partial charge in [0, 0.05) is 20.0 Å². The van der Waals surface area contributed by atoms with Gasteiger partial charge < -0.3 is 4.74 Å². The van der Waals surface area contributed by atoms with Crippen molar-refractivity contribution in [2.75, 3.05) is 20.2 Å². The van der Waals surface area contributed by atoms with Crippen molar-refractivity contribution in [1.82, 2.24) is 4.31 Å². The fraction of sp³-hybridized carbons (Fsp3) is 0.385. The molecule has 1 aromatic carbocycles. The number of nitriles is 1. The van der Waals surface area contributed by atoms with Gasteiger partial charge in [0.2, 0.25) is 10.0 Å². The lowest BCUT2D eigenvalue weighted by molar-refractivity contribution is -0.142. The van der Waals surface area contributed by atoms with Crippen LogP contribution in [0.2, 0.25) is 0 Å². The van der Waals surface area contributed by atoms with Gasteiger partial charge in [-0.05, 0) is 30.7 Å². The maximum atomic E-state index is 12.8. The van der Waals surface area contributed by atoms with E-state index in [1.54, 1.807) is 6.07 Å². The minimum Gasteiger partial charge on any atom is -0.450 e. The Labute approximate surface area is 122 Å². The van der Waals surface area contributed by atoms with Crippen molar-refractivity contribution in [3.63, 3.8) is 0 Å². The van der Waals surface area contributed by atoms with Gasteiger partial charge in [-0.25, -0.2) is 17.1 Å². The maximum absolute atomic E-state index is 12.8. The largest absolute Gasteiger partial charge is 0.450 e. The quantitative estimate of drug-likeness (QED) is 0.708. The molecule has 0 spiro atoms. The second-order valence-electron chi connectivity index (χ2n) is 4.20. The number of nitrogens with zero attached hydrogens (tertiary/aromatic N) is 2. The van der Waals surface area contributed by atoms with Crippen molar-refractivity contribution in [1.29, 1.82) is 5.26 Å². The Morgan fingerprint density at radius 1 is 1.38 bits per heavy atom. The average molecular weight is 314 g/mol. The van der Waals surface area contributed by atoms with Gasteiger partial charge in [0.1, 0.15) is 11.9 Å². The van der Waals surface area contributed by atoms with E-state index >= 15 is 0 Å². The van der Waals surface area contributed by atoms with Crippen LogP contribution < -0.4 is 0 Å². The summed E-state index contributed by atoms with van der Waals surface area (Å²) in [5, 5.41) is 8.24. The molecule has 0 aromatic heterocycles. The van der Waals surface area contributed by atoms with Crippen molar-refractivity contribution in [3.05, 3.63) is 30.1 Å². The van der Waals surface area contributed by atoms with Crippen LogP contribution in [0.5, 0.6) is 0 Å². The lowest BCUT2D eigenvalue weighted by Crippen LogP contribution is -2.28. The van der Waals surface area contributed by atoms with Gasteiger partial charge in [-0.2, -0.15) is 5.26 Å². The van der Waals surface area contributed by atoms with E-state index in [9.17, 15) is 17.6 Å². The monoisotopic (exact) mass is 314 g/mol. The summed E-state index contributed by atoms with van der Waals surface area (Å²) in [6.45, 7) is -0.204. The van der Waals surface area contributed by atoms with Crippen LogP contribution in [0.25, 0.3) is 0 Å². The molecule has 0 amide bonds. The van der Waals surface area contributed by atoms with Crippen LogP contribution in [0.4, 0.5) is 4.39 Å². The van der Waals surface area contributed by atoms with E-state index in [2.05, 4.69) is 4.74 Å². The molecule has 1 aromatic rings. The molecular formula is C13H15FN2O4S. The number of rotatable bonds is 7. The fourth-order valence-electron chi connectivity index (χ4n) is 1.54. The number of ether oxygens (including phenoxy) is 1. The molecule has 114 valence electrons. The van der Waals surface area contributed by atoms with E-state index in [-0.39, 0.29) is 30.9 Å². The van der Waals surface area contributed by atoms with Crippen molar-refractivity contribution >= 4 is 16.0 Å². The van der Waals surface area contributed by atoms with Gasteiger partial charge in [-0.1, -0.05) is 0 Å². The van der Waals surface area contributed by atoms with Gasteiger partial charge >= 0.3 is 5.97 Å². The first-order valence-electron chi connectivity index (χ1n) is 6.12. The lowest BCUT2D eigenvalue weighted by Gasteiger charge is -2.16. The Morgan fingerprint density at radius 3 is 2.57 bits per heavy atom. The van der Waals surface area contributed by atoms with Gasteiger partial charge in [0.05, 0.1) is 4.90 Å². The molecule has 0 saturated carbocycles. The number of esters is 1. The maximum Gasteiger partial charge on any atom is 0.306 e. The van der Waals surface area contributed by atoms with Crippen LogP contribution in [0.15, 0.2) is 29.2 Å². The average Bonchev–Trinajstić information content (AvgIpc) is 2.45. The van der Waals surface area contributed by atoms with Gasteiger partial charge in [0.15, 0.2) is 6.61 Å². The van der Waals surface area contributed by atoms with E-state index in [1.807, 2.05) is 0 Å². The van der Waals surface area contributed by atoms with E-state index in [0.29, 0.717) is 0 Å². The number of halogens is 1. The third-order valence-electron chi connectivity index (χ3n) is 2.67. The summed E-state index contributed by atoms with van der Waals surface area (Å²) >= 11 is 0. The predicted octanol–water partition coefficient (Wildman–Crippen LogP) is 1.29. The van der Waals surface area contributed by atoms with Gasteiger partial charge in [-0.3, -0.25) is 4.79 Å². The topological polar surface area (TPSA) is 87.5 Å². The predicted molar refractivity (Wildman–Crippen MR) is 72.0 cm³/mol. The molecular weight excluding hydrogens is 299 g/mol. The summed E-state index contributed by atoms with van der Waals surface area (Å²) in [6.07, 6.45) is 0.284. The Morgan fingerprint density at radius 2 is 2.00 bits per heavy atom. The van der Waals surface area contributed by atoms with E-state index in [0.717, 1.165) is 16.4 Å². The SMILES string of the molecule is CN(CCCC(=O)OCC#N)S(=O)(=O)c1ccc(F)cc1. The van der Waals surface area contributed by atoms with Crippen LogP contribution in [-0.4, -0.2) is 38.9 Å². The molecule has 1 rings (SSSR count). The van der Waals surface area contributed by atoms with Crippen LogP contribution >= 0.6 is 0 Å². The van der Waals surface area contributed by atoms with E-state index in [1.165, 1.54) is 19.2 Å². The van der Waals surface area contributed by atoms with Crippen molar-refractivity contribution in [2.45, 2.75) is 17.7 Å². The number of hydrogen-bond donors (Lipinski definition) is 0. The minimum atomic E-state index is -3.71. The lowest BCUT2D eigenvalue weighted by atomic mass is 10.3. The molecule has 0 fully saturated rings. The first kappa shape index (κ1) is 17.1. The molecule has 0 unspecified atom stereocenters. The number of sulfonamides is 1. The zero-order chi connectivity index (χ0) is 15.9. The Bertz CT molecular complexity index is 623. The molecule has 0 aliphatic rings. The molecule has 6 nitrogen and oxygen atoms in total. The highest BCUT2D eigenvalue weighted by Gasteiger charge is 2.20. The normalized spacial score (nSPS) is 11.1. The number of carbonyl (C=O) groups is 1. The second-order valence-corrected chi connectivity index (χ2v) is 6.25. The smallest absolute Gasteiger partial charge is 0.306 e. The third kappa shape index (κ3) is 5.13. The third-order valence-corrected chi connectivity index (χ3v) is 4.54. The number of hydrogen-bond acceptors (Lipinski definition) is 5. The fourth-order valence-corrected chi connectivity index (χ4v) is 2.75. The first-order valence-corrected chi connectivity index (χ1v) is 7.56. The highest BCUT2D eigenvalue weighted by atomic mass is 32.2. The van der Waals surface area contributed by atoms with Crippen LogP contribution in [0, 0.1) is 17.1 Å². The molecule has 0 aliphatic carbocycles. The Hall–Kier alpha value is -1.98. The molecule has 0 saturated heterocycles. The van der Waals surface area contributed by atoms with Crippen molar-refractivity contribution < 1.29 is 22.3 Å². The summed E-state index contributed by atoms with van der Waals surface area (Å²) in [4.78, 5) is 11.1. The van der Waals surface area contributed by atoms with Gasteiger partial charge in [-0.15, -0.1) is 0 Å². The Balaban J connectivity index is 2.55. The summed E-state index contributed by atoms with van der Waals surface area (Å²) in [5.74, 6) is -1.07. The van der Waals surface area contributed by atoms with E-state index in [4.69, 9.17) is 5.26 Å². The number of benzene rings is 1. The molecule has 0 atom stereocenters. The van der Waals surface area contributed by atoms with Crippen molar-refractivity contribution in [2.24, 2.45) is 0 Å². The minimum absolute atomic E-state index is 0.0153. The van der Waals surface area contributed by atoms with Crippen LogP contribution in [0.3, 0.4) is 0 Å². The van der Waals surface area contributed by atoms with Crippen molar-refractivity contribution in [3.8, 4) is 6.07 Å². The second kappa shape index (κ2) is 7.71. The van der Waals surface area contributed by atoms with Crippen LogP contribution in [0.1, 0.15) is 12.8 Å². The number of carbonyl (C=O) groups excluding carboxylic acids is 1. The molecule has 8 heteroatoms. The zero-order valence-electron chi connectivity index (χ0n) is 11.5.